The first-order valence-corrected chi connectivity index (χ1v) is 15.9. The lowest BCUT2D eigenvalue weighted by molar-refractivity contribution is -0.122. The smallest absolute Gasteiger partial charge is 0.488 e. The molecule has 3 aromatic rings. The summed E-state index contributed by atoms with van der Waals surface area (Å²) in [4.78, 5) is 29.0. The van der Waals surface area contributed by atoms with Crippen LogP contribution in [0.1, 0.15) is 61.3 Å². The van der Waals surface area contributed by atoms with Gasteiger partial charge in [0.05, 0.1) is 30.2 Å². The Labute approximate surface area is 265 Å². The minimum atomic E-state index is -1.69. The van der Waals surface area contributed by atoms with E-state index in [1.807, 2.05) is 44.2 Å². The SMILES string of the molecule is CCCC1=C2[C@@H](CC/C(=C/c3cc(C)c(O)c(C)c3)c3ccccc3)OC[C@@H]2[C@@H]2C(=O)N(c3cccc(B(O)O)c3)C(=O)[C@@H]2C1. The number of hydrogen-bond acceptors (Lipinski definition) is 6. The maximum absolute atomic E-state index is 14.0. The Balaban J connectivity index is 1.29. The number of phenols is 1. The van der Waals surface area contributed by atoms with Gasteiger partial charge in [-0.25, -0.2) is 0 Å². The van der Waals surface area contributed by atoms with E-state index in [0.29, 0.717) is 24.5 Å². The summed E-state index contributed by atoms with van der Waals surface area (Å²) < 4.78 is 6.48. The second-order valence-corrected chi connectivity index (χ2v) is 12.6. The Morgan fingerprint density at radius 2 is 1.71 bits per heavy atom. The van der Waals surface area contributed by atoms with Crippen LogP contribution in [0, 0.1) is 31.6 Å². The van der Waals surface area contributed by atoms with Crippen LogP contribution in [0.4, 0.5) is 5.69 Å². The predicted molar refractivity (Wildman–Crippen MR) is 177 cm³/mol. The fourth-order valence-electron chi connectivity index (χ4n) is 7.60. The van der Waals surface area contributed by atoms with E-state index in [2.05, 4.69) is 25.1 Å². The molecule has 2 fully saturated rings. The normalized spacial score (nSPS) is 23.0. The molecule has 3 aromatic carbocycles. The van der Waals surface area contributed by atoms with Crippen LogP contribution in [0.15, 0.2) is 77.9 Å². The topological polar surface area (TPSA) is 107 Å². The third-order valence-electron chi connectivity index (χ3n) is 9.66. The third kappa shape index (κ3) is 5.90. The highest BCUT2D eigenvalue weighted by Gasteiger charge is 2.57. The number of fused-ring (bicyclic) bond motifs is 3. The highest BCUT2D eigenvalue weighted by Crippen LogP contribution is 2.51. The highest BCUT2D eigenvalue weighted by atomic mass is 16.5. The van der Waals surface area contributed by atoms with Crippen LogP contribution < -0.4 is 10.4 Å². The van der Waals surface area contributed by atoms with Gasteiger partial charge in [0.25, 0.3) is 0 Å². The van der Waals surface area contributed by atoms with E-state index < -0.39 is 19.0 Å². The van der Waals surface area contributed by atoms with E-state index in [0.717, 1.165) is 47.9 Å². The van der Waals surface area contributed by atoms with E-state index in [4.69, 9.17) is 4.74 Å². The number of nitrogens with zero attached hydrogens (tertiary/aromatic N) is 1. The van der Waals surface area contributed by atoms with Crippen molar-refractivity contribution in [2.24, 2.45) is 17.8 Å². The third-order valence-corrected chi connectivity index (χ3v) is 9.66. The van der Waals surface area contributed by atoms with Crippen molar-refractivity contribution in [2.75, 3.05) is 11.5 Å². The minimum Gasteiger partial charge on any atom is -0.507 e. The fraction of sp³-hybridized carbons (Fsp3) is 0.351. The quantitative estimate of drug-likeness (QED) is 0.132. The van der Waals surface area contributed by atoms with Gasteiger partial charge in [-0.2, -0.15) is 0 Å². The molecular formula is C37H40BNO6. The second kappa shape index (κ2) is 12.8. The molecule has 8 heteroatoms. The molecule has 3 aliphatic rings. The zero-order chi connectivity index (χ0) is 31.8. The van der Waals surface area contributed by atoms with Crippen LogP contribution in [-0.2, 0) is 14.3 Å². The standard InChI is InChI=1S/C37H40BNO6/c1-4-9-27-19-30-34(37(42)39(36(30)41)29-13-8-12-28(20-29)38(43)44)31-21-45-32(33(27)31)15-14-26(25-10-6-5-7-11-25)18-24-16-22(2)35(40)23(3)17-24/h5-8,10-13,16-18,20,30-32,34,40,43-44H,4,9,14-15,19,21H2,1-3H3/b26-18-/t30-,31+,32-,34-/m1/s1. The lowest BCUT2D eigenvalue weighted by Crippen LogP contribution is -2.35. The van der Waals surface area contributed by atoms with Gasteiger partial charge in [0, 0.05) is 5.92 Å². The van der Waals surface area contributed by atoms with Crippen molar-refractivity contribution < 1.29 is 29.5 Å². The van der Waals surface area contributed by atoms with Gasteiger partial charge in [-0.1, -0.05) is 67.5 Å². The number of carbonyl (C=O) groups excluding carboxylic acids is 2. The molecule has 0 spiro atoms. The molecule has 0 aromatic heterocycles. The van der Waals surface area contributed by atoms with Crippen LogP contribution in [-0.4, -0.2) is 46.8 Å². The van der Waals surface area contributed by atoms with E-state index in [1.54, 1.807) is 18.2 Å². The Morgan fingerprint density at radius 3 is 2.40 bits per heavy atom. The first kappa shape index (κ1) is 31.0. The summed E-state index contributed by atoms with van der Waals surface area (Å²) in [6.07, 6.45) is 5.89. The Kier molecular flexibility index (Phi) is 8.82. The van der Waals surface area contributed by atoms with Crippen molar-refractivity contribution in [1.29, 1.82) is 0 Å². The summed E-state index contributed by atoms with van der Waals surface area (Å²) in [6.45, 7) is 6.36. The number of imide groups is 1. The highest BCUT2D eigenvalue weighted by molar-refractivity contribution is 6.58. The van der Waals surface area contributed by atoms with Crippen molar-refractivity contribution in [3.05, 3.63) is 100 Å². The lowest BCUT2D eigenvalue weighted by Gasteiger charge is -2.32. The number of amides is 2. The molecule has 2 saturated heterocycles. The van der Waals surface area contributed by atoms with Gasteiger partial charge in [0.1, 0.15) is 5.75 Å². The molecule has 3 N–H and O–H groups in total. The Morgan fingerprint density at radius 1 is 0.978 bits per heavy atom. The molecule has 232 valence electrons. The predicted octanol–water partition coefficient (Wildman–Crippen LogP) is 5.33. The van der Waals surface area contributed by atoms with Crippen molar-refractivity contribution >= 4 is 41.7 Å². The molecule has 0 saturated carbocycles. The second-order valence-electron chi connectivity index (χ2n) is 12.6. The van der Waals surface area contributed by atoms with E-state index in [1.165, 1.54) is 27.7 Å². The Hall–Kier alpha value is -3.98. The van der Waals surface area contributed by atoms with Crippen molar-refractivity contribution in [1.82, 2.24) is 0 Å². The first-order valence-electron chi connectivity index (χ1n) is 15.9. The summed E-state index contributed by atoms with van der Waals surface area (Å²) in [5, 5.41) is 29.7. The monoisotopic (exact) mass is 605 g/mol. The summed E-state index contributed by atoms with van der Waals surface area (Å²) in [5.41, 5.74) is 8.05. The van der Waals surface area contributed by atoms with Crippen molar-refractivity contribution in [3.8, 4) is 5.75 Å². The van der Waals surface area contributed by atoms with Gasteiger partial charge < -0.3 is 19.9 Å². The molecule has 0 radical (unpaired) electrons. The zero-order valence-electron chi connectivity index (χ0n) is 26.1. The number of aromatic hydroxyl groups is 1. The van der Waals surface area contributed by atoms with Crippen LogP contribution in [0.25, 0.3) is 11.6 Å². The number of phenolic OH excluding ortho intramolecular Hbond substituents is 1. The molecule has 2 amide bonds. The van der Waals surface area contributed by atoms with Crippen LogP contribution in [0.2, 0.25) is 0 Å². The largest absolute Gasteiger partial charge is 0.507 e. The van der Waals surface area contributed by atoms with Crippen LogP contribution in [0.3, 0.4) is 0 Å². The lowest BCUT2D eigenvalue weighted by atomic mass is 9.68. The summed E-state index contributed by atoms with van der Waals surface area (Å²) in [5.74, 6) is -1.23. The van der Waals surface area contributed by atoms with Gasteiger partial charge in [-0.15, -0.1) is 0 Å². The van der Waals surface area contributed by atoms with Gasteiger partial charge in [0.15, 0.2) is 0 Å². The number of rotatable bonds is 9. The number of benzene rings is 3. The molecule has 0 unspecified atom stereocenters. The van der Waals surface area contributed by atoms with Crippen molar-refractivity contribution in [2.45, 2.75) is 59.0 Å². The number of hydrogen-bond donors (Lipinski definition) is 3. The average molecular weight is 606 g/mol. The van der Waals surface area contributed by atoms with Crippen molar-refractivity contribution in [3.63, 3.8) is 0 Å². The maximum Gasteiger partial charge on any atom is 0.488 e. The molecule has 2 aliphatic heterocycles. The number of anilines is 1. The molecule has 7 nitrogen and oxygen atoms in total. The van der Waals surface area contributed by atoms with Gasteiger partial charge in [0.2, 0.25) is 11.8 Å². The molecule has 6 rings (SSSR count). The van der Waals surface area contributed by atoms with Crippen LogP contribution >= 0.6 is 0 Å². The number of aryl methyl sites for hydroxylation is 2. The molecule has 0 bridgehead atoms. The number of ether oxygens (including phenoxy) is 1. The molecule has 45 heavy (non-hydrogen) atoms. The molecule has 4 atom stereocenters. The minimum absolute atomic E-state index is 0.141. The molecule has 1 aliphatic carbocycles. The average Bonchev–Trinajstić information content (AvgIpc) is 3.56. The van der Waals surface area contributed by atoms with Gasteiger partial charge in [-0.3, -0.25) is 14.5 Å². The fourth-order valence-corrected chi connectivity index (χ4v) is 7.60. The summed E-state index contributed by atoms with van der Waals surface area (Å²) >= 11 is 0. The van der Waals surface area contributed by atoms with E-state index in [-0.39, 0.29) is 29.3 Å². The first-order chi connectivity index (χ1) is 21.7. The molecule has 2 heterocycles. The Bertz CT molecular complexity index is 1660. The van der Waals surface area contributed by atoms with E-state index in [9.17, 15) is 24.7 Å². The van der Waals surface area contributed by atoms with Gasteiger partial charge >= 0.3 is 7.12 Å². The summed E-state index contributed by atoms with van der Waals surface area (Å²) in [7, 11) is -1.69. The van der Waals surface area contributed by atoms with Gasteiger partial charge in [-0.05, 0) is 103 Å². The number of carbonyl (C=O) groups is 2. The summed E-state index contributed by atoms with van der Waals surface area (Å²) in [6, 6.07) is 20.7. The number of allylic oxidation sites excluding steroid dienone is 2. The molecular weight excluding hydrogens is 565 g/mol. The zero-order valence-corrected chi connectivity index (χ0v) is 26.1. The maximum atomic E-state index is 14.0. The van der Waals surface area contributed by atoms with Crippen LogP contribution in [0.5, 0.6) is 5.75 Å². The van der Waals surface area contributed by atoms with E-state index >= 15 is 0 Å².